The van der Waals surface area contributed by atoms with Crippen molar-refractivity contribution < 1.29 is 19.1 Å². The van der Waals surface area contributed by atoms with E-state index in [1.54, 1.807) is 0 Å². The fourth-order valence-electron chi connectivity index (χ4n) is 2.97. The van der Waals surface area contributed by atoms with Crippen molar-refractivity contribution >= 4 is 11.9 Å². The molecule has 0 aromatic rings. The van der Waals surface area contributed by atoms with E-state index in [4.69, 9.17) is 9.47 Å². The Hall–Kier alpha value is -1.06. The Morgan fingerprint density at radius 1 is 1.47 bits per heavy atom. The van der Waals surface area contributed by atoms with Crippen LogP contribution < -0.4 is 0 Å². The first-order chi connectivity index (χ1) is 8.86. The number of esters is 2. The SMILES string of the molecule is CCC(C)(C)C(=O)OC(C)C1OC(=O)[C@@H]2CCCC12. The average Bonchev–Trinajstić information content (AvgIpc) is 2.93. The summed E-state index contributed by atoms with van der Waals surface area (Å²) >= 11 is 0. The molecule has 19 heavy (non-hydrogen) atoms. The minimum absolute atomic E-state index is 0.0327. The van der Waals surface area contributed by atoms with E-state index in [0.29, 0.717) is 0 Å². The van der Waals surface area contributed by atoms with Gasteiger partial charge in [0.1, 0.15) is 12.2 Å². The molecular weight excluding hydrogens is 244 g/mol. The van der Waals surface area contributed by atoms with Crippen LogP contribution in [0.1, 0.15) is 53.4 Å². The maximum atomic E-state index is 12.1. The zero-order chi connectivity index (χ0) is 14.2. The molecule has 1 saturated carbocycles. The van der Waals surface area contributed by atoms with Crippen molar-refractivity contribution in [3.05, 3.63) is 0 Å². The Balaban J connectivity index is 1.99. The lowest BCUT2D eigenvalue weighted by Crippen LogP contribution is -2.37. The van der Waals surface area contributed by atoms with Gasteiger partial charge < -0.3 is 9.47 Å². The quantitative estimate of drug-likeness (QED) is 0.736. The van der Waals surface area contributed by atoms with Crippen molar-refractivity contribution in [1.82, 2.24) is 0 Å². The lowest BCUT2D eigenvalue weighted by atomic mass is 9.89. The molecule has 2 fully saturated rings. The molecule has 0 aromatic heterocycles. The van der Waals surface area contributed by atoms with Crippen molar-refractivity contribution in [2.75, 3.05) is 0 Å². The smallest absolute Gasteiger partial charge is 0.311 e. The number of cyclic esters (lactones) is 1. The number of carbonyl (C=O) groups excluding carboxylic acids is 2. The van der Waals surface area contributed by atoms with Gasteiger partial charge in [0.15, 0.2) is 0 Å². The van der Waals surface area contributed by atoms with Crippen LogP contribution in [0.5, 0.6) is 0 Å². The van der Waals surface area contributed by atoms with Crippen LogP contribution in [-0.4, -0.2) is 24.1 Å². The van der Waals surface area contributed by atoms with Crippen LogP contribution in [0, 0.1) is 17.3 Å². The molecule has 1 aliphatic carbocycles. The molecule has 1 heterocycles. The zero-order valence-corrected chi connectivity index (χ0v) is 12.3. The molecule has 1 saturated heterocycles. The molecule has 0 N–H and O–H groups in total. The highest BCUT2D eigenvalue weighted by Crippen LogP contribution is 2.43. The zero-order valence-electron chi connectivity index (χ0n) is 12.3. The van der Waals surface area contributed by atoms with Gasteiger partial charge in [-0.1, -0.05) is 13.3 Å². The van der Waals surface area contributed by atoms with Gasteiger partial charge in [-0.2, -0.15) is 0 Å². The van der Waals surface area contributed by atoms with Gasteiger partial charge in [0.05, 0.1) is 11.3 Å². The van der Waals surface area contributed by atoms with Crippen LogP contribution in [0.25, 0.3) is 0 Å². The van der Waals surface area contributed by atoms with E-state index in [9.17, 15) is 9.59 Å². The molecular formula is C15H24O4. The molecule has 4 nitrogen and oxygen atoms in total. The Bertz CT molecular complexity index is 374. The summed E-state index contributed by atoms with van der Waals surface area (Å²) in [7, 11) is 0. The van der Waals surface area contributed by atoms with E-state index < -0.39 is 5.41 Å². The summed E-state index contributed by atoms with van der Waals surface area (Å²) in [5.74, 6) is -0.0458. The maximum absolute atomic E-state index is 12.1. The van der Waals surface area contributed by atoms with Gasteiger partial charge in [-0.25, -0.2) is 0 Å². The van der Waals surface area contributed by atoms with E-state index in [1.807, 2.05) is 27.7 Å². The molecule has 2 rings (SSSR count). The summed E-state index contributed by atoms with van der Waals surface area (Å²) in [4.78, 5) is 23.8. The largest absolute Gasteiger partial charge is 0.458 e. The van der Waals surface area contributed by atoms with Crippen LogP contribution in [0.15, 0.2) is 0 Å². The first-order valence-corrected chi connectivity index (χ1v) is 7.28. The summed E-state index contributed by atoms with van der Waals surface area (Å²) in [6.45, 7) is 7.55. The molecule has 108 valence electrons. The summed E-state index contributed by atoms with van der Waals surface area (Å²) in [5.41, 5.74) is -0.480. The third kappa shape index (κ3) is 2.63. The predicted octanol–water partition coefficient (Wildman–Crippen LogP) is 2.70. The van der Waals surface area contributed by atoms with Crippen LogP contribution in [0.3, 0.4) is 0 Å². The molecule has 0 aromatic carbocycles. The Morgan fingerprint density at radius 3 is 2.79 bits per heavy atom. The highest BCUT2D eigenvalue weighted by atomic mass is 16.6. The Morgan fingerprint density at radius 2 is 2.16 bits per heavy atom. The lowest BCUT2D eigenvalue weighted by Gasteiger charge is -2.27. The third-order valence-electron chi connectivity index (χ3n) is 4.74. The van der Waals surface area contributed by atoms with Crippen LogP contribution in [-0.2, 0) is 19.1 Å². The normalized spacial score (nSPS) is 31.8. The van der Waals surface area contributed by atoms with Gasteiger partial charge in [-0.15, -0.1) is 0 Å². The van der Waals surface area contributed by atoms with Gasteiger partial charge >= 0.3 is 11.9 Å². The summed E-state index contributed by atoms with van der Waals surface area (Å²) in [5, 5.41) is 0. The predicted molar refractivity (Wildman–Crippen MR) is 70.3 cm³/mol. The van der Waals surface area contributed by atoms with E-state index >= 15 is 0 Å². The average molecular weight is 268 g/mol. The van der Waals surface area contributed by atoms with E-state index in [1.165, 1.54) is 0 Å². The first kappa shape index (κ1) is 14.4. The summed E-state index contributed by atoms with van der Waals surface area (Å²) < 4.78 is 11.0. The fraction of sp³-hybridized carbons (Fsp3) is 0.867. The monoisotopic (exact) mass is 268 g/mol. The van der Waals surface area contributed by atoms with Gasteiger partial charge in [-0.05, 0) is 40.0 Å². The topological polar surface area (TPSA) is 52.6 Å². The summed E-state index contributed by atoms with van der Waals surface area (Å²) in [6, 6.07) is 0. The Kier molecular flexibility index (Phi) is 3.88. The molecule has 3 unspecified atom stereocenters. The second-order valence-electron chi connectivity index (χ2n) is 6.45. The van der Waals surface area contributed by atoms with Crippen molar-refractivity contribution in [1.29, 1.82) is 0 Å². The van der Waals surface area contributed by atoms with Crippen LogP contribution in [0.4, 0.5) is 0 Å². The standard InChI is InChI=1S/C15H24O4/c1-5-15(3,4)14(17)18-9(2)12-10-7-6-8-11(10)13(16)19-12/h9-12H,5-8H2,1-4H3/t9?,10?,11-,12?/m1/s1. The molecule has 4 atom stereocenters. The van der Waals surface area contributed by atoms with Gasteiger partial charge in [0.2, 0.25) is 0 Å². The van der Waals surface area contributed by atoms with Gasteiger partial charge in [0, 0.05) is 5.92 Å². The van der Waals surface area contributed by atoms with Crippen LogP contribution >= 0.6 is 0 Å². The number of rotatable bonds is 4. The number of carbonyl (C=O) groups is 2. The molecule has 4 heteroatoms. The van der Waals surface area contributed by atoms with Crippen molar-refractivity contribution in [3.8, 4) is 0 Å². The number of fused-ring (bicyclic) bond motifs is 1. The fourth-order valence-corrected chi connectivity index (χ4v) is 2.97. The molecule has 0 bridgehead atoms. The highest BCUT2D eigenvalue weighted by Gasteiger charge is 2.50. The second-order valence-corrected chi connectivity index (χ2v) is 6.45. The van der Waals surface area contributed by atoms with Gasteiger partial charge in [0.25, 0.3) is 0 Å². The van der Waals surface area contributed by atoms with E-state index in [0.717, 1.165) is 25.7 Å². The molecule has 0 amide bonds. The summed E-state index contributed by atoms with van der Waals surface area (Å²) in [6.07, 6.45) is 3.12. The molecule has 0 spiro atoms. The first-order valence-electron chi connectivity index (χ1n) is 7.28. The second kappa shape index (κ2) is 5.14. The highest BCUT2D eigenvalue weighted by molar-refractivity contribution is 5.77. The van der Waals surface area contributed by atoms with E-state index in [2.05, 4.69) is 0 Å². The maximum Gasteiger partial charge on any atom is 0.311 e. The minimum atomic E-state index is -0.480. The Labute approximate surface area is 114 Å². The van der Waals surface area contributed by atoms with Crippen LogP contribution in [0.2, 0.25) is 0 Å². The van der Waals surface area contributed by atoms with Crippen molar-refractivity contribution in [2.45, 2.75) is 65.6 Å². The van der Waals surface area contributed by atoms with E-state index in [-0.39, 0.29) is 36.0 Å². The lowest BCUT2D eigenvalue weighted by molar-refractivity contribution is -0.169. The number of ether oxygens (including phenoxy) is 2. The molecule has 1 aliphatic heterocycles. The molecule has 0 radical (unpaired) electrons. The van der Waals surface area contributed by atoms with Crippen molar-refractivity contribution in [3.63, 3.8) is 0 Å². The minimum Gasteiger partial charge on any atom is -0.458 e. The van der Waals surface area contributed by atoms with Crippen molar-refractivity contribution in [2.24, 2.45) is 17.3 Å². The van der Waals surface area contributed by atoms with Gasteiger partial charge in [-0.3, -0.25) is 9.59 Å². The number of hydrogen-bond acceptors (Lipinski definition) is 4. The number of hydrogen-bond donors (Lipinski definition) is 0. The third-order valence-corrected chi connectivity index (χ3v) is 4.74. The molecule has 2 aliphatic rings.